The maximum atomic E-state index is 5.31. The van der Waals surface area contributed by atoms with Crippen molar-refractivity contribution in [3.05, 3.63) is 0 Å². The molecule has 68 valence electrons. The van der Waals surface area contributed by atoms with E-state index in [1.54, 1.807) is 0 Å². The SMILES string of the molecule is C.CC(C)(C)CC1OCCO1. The van der Waals surface area contributed by atoms with Gasteiger partial charge in [0.2, 0.25) is 0 Å². The summed E-state index contributed by atoms with van der Waals surface area (Å²) in [5.41, 5.74) is 0.314. The van der Waals surface area contributed by atoms with Crippen molar-refractivity contribution in [2.75, 3.05) is 13.2 Å². The van der Waals surface area contributed by atoms with Gasteiger partial charge in [-0.3, -0.25) is 0 Å². The van der Waals surface area contributed by atoms with Crippen LogP contribution in [-0.2, 0) is 9.47 Å². The van der Waals surface area contributed by atoms with Gasteiger partial charge in [-0.05, 0) is 5.41 Å². The van der Waals surface area contributed by atoms with E-state index in [4.69, 9.17) is 9.47 Å². The van der Waals surface area contributed by atoms with E-state index >= 15 is 0 Å². The van der Waals surface area contributed by atoms with Crippen LogP contribution in [0.1, 0.15) is 34.6 Å². The summed E-state index contributed by atoms with van der Waals surface area (Å²) >= 11 is 0. The summed E-state index contributed by atoms with van der Waals surface area (Å²) < 4.78 is 10.6. The molecule has 0 atom stereocenters. The molecule has 0 unspecified atom stereocenters. The Morgan fingerprint density at radius 2 is 1.64 bits per heavy atom. The second-order valence-electron chi connectivity index (χ2n) is 3.94. The number of hydrogen-bond donors (Lipinski definition) is 0. The monoisotopic (exact) mass is 160 g/mol. The van der Waals surface area contributed by atoms with Gasteiger partial charge in [0.1, 0.15) is 0 Å². The Hall–Kier alpha value is -0.0800. The van der Waals surface area contributed by atoms with Crippen LogP contribution < -0.4 is 0 Å². The molecule has 0 N–H and O–H groups in total. The van der Waals surface area contributed by atoms with Gasteiger partial charge in [-0.1, -0.05) is 28.2 Å². The van der Waals surface area contributed by atoms with E-state index in [0.717, 1.165) is 19.6 Å². The van der Waals surface area contributed by atoms with Crippen LogP contribution in [0.15, 0.2) is 0 Å². The molecule has 0 spiro atoms. The molecule has 1 aliphatic heterocycles. The number of ether oxygens (including phenoxy) is 2. The first kappa shape index (κ1) is 10.9. The number of rotatable bonds is 1. The predicted molar refractivity (Wildman–Crippen MR) is 46.5 cm³/mol. The van der Waals surface area contributed by atoms with E-state index in [0.29, 0.717) is 5.41 Å². The van der Waals surface area contributed by atoms with Crippen LogP contribution in [0.5, 0.6) is 0 Å². The summed E-state index contributed by atoms with van der Waals surface area (Å²) in [5, 5.41) is 0. The third-order valence-electron chi connectivity index (χ3n) is 1.47. The van der Waals surface area contributed by atoms with Crippen LogP contribution in [-0.4, -0.2) is 19.5 Å². The summed E-state index contributed by atoms with van der Waals surface area (Å²) in [7, 11) is 0. The van der Waals surface area contributed by atoms with Crippen molar-refractivity contribution in [2.24, 2.45) is 5.41 Å². The summed E-state index contributed by atoms with van der Waals surface area (Å²) in [6.07, 6.45) is 1.05. The molecule has 1 saturated heterocycles. The van der Waals surface area contributed by atoms with Gasteiger partial charge < -0.3 is 9.47 Å². The van der Waals surface area contributed by atoms with Crippen molar-refractivity contribution in [3.63, 3.8) is 0 Å². The topological polar surface area (TPSA) is 18.5 Å². The Bertz CT molecular complexity index is 98.6. The van der Waals surface area contributed by atoms with Crippen molar-refractivity contribution < 1.29 is 9.47 Å². The first-order valence-corrected chi connectivity index (χ1v) is 3.81. The quantitative estimate of drug-likeness (QED) is 0.586. The third-order valence-corrected chi connectivity index (χ3v) is 1.47. The minimum atomic E-state index is 0. The molecular formula is C9H20O2. The van der Waals surface area contributed by atoms with Crippen molar-refractivity contribution in [3.8, 4) is 0 Å². The molecule has 0 bridgehead atoms. The molecule has 0 aromatic rings. The zero-order valence-electron chi connectivity index (χ0n) is 7.02. The van der Waals surface area contributed by atoms with Crippen LogP contribution in [0, 0.1) is 5.41 Å². The van der Waals surface area contributed by atoms with E-state index in [1.807, 2.05) is 0 Å². The summed E-state index contributed by atoms with van der Waals surface area (Å²) in [4.78, 5) is 0. The fourth-order valence-corrected chi connectivity index (χ4v) is 1.03. The second-order valence-corrected chi connectivity index (χ2v) is 3.94. The summed E-state index contributed by atoms with van der Waals surface area (Å²) in [5.74, 6) is 0. The fourth-order valence-electron chi connectivity index (χ4n) is 1.03. The van der Waals surface area contributed by atoms with E-state index in [2.05, 4.69) is 20.8 Å². The predicted octanol–water partition coefficient (Wildman–Crippen LogP) is 2.43. The van der Waals surface area contributed by atoms with Crippen LogP contribution in [0.25, 0.3) is 0 Å². The first-order chi connectivity index (χ1) is 4.58. The van der Waals surface area contributed by atoms with E-state index in [1.165, 1.54) is 0 Å². The highest BCUT2D eigenvalue weighted by Crippen LogP contribution is 2.24. The largest absolute Gasteiger partial charge is 0.350 e. The molecule has 0 aromatic heterocycles. The van der Waals surface area contributed by atoms with Gasteiger partial charge in [-0.15, -0.1) is 0 Å². The molecular weight excluding hydrogens is 140 g/mol. The van der Waals surface area contributed by atoms with Gasteiger partial charge in [0.25, 0.3) is 0 Å². The molecule has 0 saturated carbocycles. The average Bonchev–Trinajstić information content (AvgIpc) is 2.12. The van der Waals surface area contributed by atoms with Crippen molar-refractivity contribution >= 4 is 0 Å². The van der Waals surface area contributed by atoms with Crippen LogP contribution in [0.3, 0.4) is 0 Å². The van der Waals surface area contributed by atoms with Crippen LogP contribution >= 0.6 is 0 Å². The lowest BCUT2D eigenvalue weighted by molar-refractivity contribution is -0.0654. The van der Waals surface area contributed by atoms with E-state index in [9.17, 15) is 0 Å². The molecule has 1 rings (SSSR count). The summed E-state index contributed by atoms with van der Waals surface area (Å²) in [6.45, 7) is 8.11. The minimum Gasteiger partial charge on any atom is -0.350 e. The maximum absolute atomic E-state index is 5.31. The first-order valence-electron chi connectivity index (χ1n) is 3.81. The zero-order chi connectivity index (χ0) is 7.61. The van der Waals surface area contributed by atoms with E-state index < -0.39 is 0 Å². The Morgan fingerprint density at radius 1 is 1.18 bits per heavy atom. The molecule has 2 heteroatoms. The molecule has 2 nitrogen and oxygen atoms in total. The molecule has 1 aliphatic rings. The molecule has 1 heterocycles. The van der Waals surface area contributed by atoms with Gasteiger partial charge in [-0.25, -0.2) is 0 Å². The molecule has 1 fully saturated rings. The number of hydrogen-bond acceptors (Lipinski definition) is 2. The maximum Gasteiger partial charge on any atom is 0.158 e. The molecule has 0 radical (unpaired) electrons. The van der Waals surface area contributed by atoms with Crippen molar-refractivity contribution in [1.29, 1.82) is 0 Å². The standard InChI is InChI=1S/C8H16O2.CH4/c1-8(2,3)6-7-9-4-5-10-7;/h7H,4-6H2,1-3H3;1H4. The highest BCUT2D eigenvalue weighted by Gasteiger charge is 2.22. The zero-order valence-corrected chi connectivity index (χ0v) is 7.02. The van der Waals surface area contributed by atoms with Crippen molar-refractivity contribution in [2.45, 2.75) is 40.9 Å². The third kappa shape index (κ3) is 4.38. The van der Waals surface area contributed by atoms with Gasteiger partial charge in [0, 0.05) is 6.42 Å². The minimum absolute atomic E-state index is 0. The lowest BCUT2D eigenvalue weighted by Gasteiger charge is -2.21. The molecule has 0 aliphatic carbocycles. The Morgan fingerprint density at radius 3 is 2.00 bits per heavy atom. The van der Waals surface area contributed by atoms with Crippen LogP contribution in [0.4, 0.5) is 0 Å². The smallest absolute Gasteiger partial charge is 0.158 e. The molecule has 11 heavy (non-hydrogen) atoms. The van der Waals surface area contributed by atoms with Gasteiger partial charge >= 0.3 is 0 Å². The highest BCUT2D eigenvalue weighted by atomic mass is 16.7. The average molecular weight is 160 g/mol. The lowest BCUT2D eigenvalue weighted by atomic mass is 9.92. The second kappa shape index (κ2) is 4.07. The Balaban J connectivity index is 0.000001000. The Kier molecular flexibility index (Phi) is 4.04. The van der Waals surface area contributed by atoms with Crippen LogP contribution in [0.2, 0.25) is 0 Å². The van der Waals surface area contributed by atoms with Gasteiger partial charge in [0.15, 0.2) is 6.29 Å². The lowest BCUT2D eigenvalue weighted by Crippen LogP contribution is -2.17. The Labute approximate surface area is 69.9 Å². The van der Waals surface area contributed by atoms with E-state index in [-0.39, 0.29) is 13.7 Å². The highest BCUT2D eigenvalue weighted by molar-refractivity contribution is 4.65. The normalized spacial score (nSPS) is 19.9. The molecule has 0 amide bonds. The van der Waals surface area contributed by atoms with Gasteiger partial charge in [0.05, 0.1) is 13.2 Å². The fraction of sp³-hybridized carbons (Fsp3) is 1.00. The summed E-state index contributed by atoms with van der Waals surface area (Å²) in [6, 6.07) is 0. The van der Waals surface area contributed by atoms with Crippen molar-refractivity contribution in [1.82, 2.24) is 0 Å². The van der Waals surface area contributed by atoms with Gasteiger partial charge in [-0.2, -0.15) is 0 Å². The molecule has 0 aromatic carbocycles.